The molecule has 0 heterocycles. The summed E-state index contributed by atoms with van der Waals surface area (Å²) in [7, 11) is 0. The lowest BCUT2D eigenvalue weighted by molar-refractivity contribution is -0.151. The molecule has 0 saturated heterocycles. The van der Waals surface area contributed by atoms with Crippen LogP contribution >= 0.6 is 0 Å². The minimum atomic E-state index is -2.08. The fraction of sp³-hybridized carbons (Fsp3) is 0.500. The third-order valence-corrected chi connectivity index (χ3v) is 2.41. The third-order valence-electron chi connectivity index (χ3n) is 2.41. The van der Waals surface area contributed by atoms with Crippen LogP contribution in [0, 0.1) is 0 Å². The van der Waals surface area contributed by atoms with Gasteiger partial charge in [0.25, 0.3) is 11.8 Å². The Morgan fingerprint density at radius 2 is 1.72 bits per heavy atom. The van der Waals surface area contributed by atoms with E-state index in [0.717, 1.165) is 6.08 Å². The predicted molar refractivity (Wildman–Crippen MR) is 60.5 cm³/mol. The largest absolute Gasteiger partial charge is 0.330 e. The van der Waals surface area contributed by atoms with Crippen molar-refractivity contribution in [3.8, 4) is 0 Å². The van der Waals surface area contributed by atoms with E-state index in [1.165, 1.54) is 11.0 Å². The first kappa shape index (κ1) is 16.1. The van der Waals surface area contributed by atoms with Gasteiger partial charge in [0.2, 0.25) is 11.4 Å². The van der Waals surface area contributed by atoms with Crippen LogP contribution in [-0.2, 0) is 14.4 Å². The maximum Gasteiger partial charge on any atom is 0.279 e. The quantitative estimate of drug-likeness (QED) is 0.177. The summed E-state index contributed by atoms with van der Waals surface area (Å²) >= 11 is 0. The molecule has 0 saturated carbocycles. The van der Waals surface area contributed by atoms with Crippen LogP contribution in [0.2, 0.25) is 0 Å². The Morgan fingerprint density at radius 3 is 2.06 bits per heavy atom. The average molecular weight is 259 g/mol. The maximum absolute atomic E-state index is 11.6. The highest BCUT2D eigenvalue weighted by atomic mass is 16.5. The summed E-state index contributed by atoms with van der Waals surface area (Å²) in [5.41, 5.74) is 0.521. The smallest absolute Gasteiger partial charge is 0.279 e. The number of rotatable bonds is 7. The topological polar surface area (TPSA) is 128 Å². The van der Waals surface area contributed by atoms with Crippen LogP contribution in [0.5, 0.6) is 0 Å². The minimum absolute atomic E-state index is 0.0815. The van der Waals surface area contributed by atoms with Crippen molar-refractivity contribution in [1.29, 1.82) is 0 Å². The van der Waals surface area contributed by atoms with Gasteiger partial charge < -0.3 is 5.32 Å². The van der Waals surface area contributed by atoms with Gasteiger partial charge in [0.05, 0.1) is 0 Å². The van der Waals surface area contributed by atoms with Gasteiger partial charge >= 0.3 is 0 Å². The molecule has 0 aromatic carbocycles. The molecule has 5 N–H and O–H groups in total. The molecule has 18 heavy (non-hydrogen) atoms. The van der Waals surface area contributed by atoms with Crippen LogP contribution in [0.25, 0.3) is 0 Å². The van der Waals surface area contributed by atoms with E-state index in [4.69, 9.17) is 10.4 Å². The van der Waals surface area contributed by atoms with Gasteiger partial charge in [-0.2, -0.15) is 0 Å². The van der Waals surface area contributed by atoms with Crippen molar-refractivity contribution >= 4 is 17.7 Å². The number of hydroxylamine groups is 2. The summed E-state index contributed by atoms with van der Waals surface area (Å²) in [5, 5.41) is 19.4. The zero-order valence-electron chi connectivity index (χ0n) is 10.0. The van der Waals surface area contributed by atoms with Crippen LogP contribution in [-0.4, -0.2) is 33.7 Å². The molecular weight excluding hydrogens is 242 g/mol. The highest BCUT2D eigenvalue weighted by molar-refractivity contribution is 6.12. The van der Waals surface area contributed by atoms with Gasteiger partial charge in [-0.05, 0) is 12.5 Å². The summed E-state index contributed by atoms with van der Waals surface area (Å²) in [6.07, 6.45) is 1.85. The van der Waals surface area contributed by atoms with E-state index < -0.39 is 23.3 Å². The summed E-state index contributed by atoms with van der Waals surface area (Å²) in [4.78, 5) is 34.5. The summed E-state index contributed by atoms with van der Waals surface area (Å²) in [6, 6.07) is 0. The molecule has 0 aliphatic carbocycles. The summed E-state index contributed by atoms with van der Waals surface area (Å²) in [5.74, 6) is -3.06. The lowest BCUT2D eigenvalue weighted by Crippen LogP contribution is -2.66. The molecule has 0 bridgehead atoms. The van der Waals surface area contributed by atoms with Gasteiger partial charge in [-0.1, -0.05) is 26.3 Å². The Balaban J connectivity index is 5.37. The molecule has 0 spiro atoms. The first-order chi connectivity index (χ1) is 8.48. The van der Waals surface area contributed by atoms with E-state index in [-0.39, 0.29) is 6.42 Å². The lowest BCUT2D eigenvalue weighted by atomic mass is 9.90. The van der Waals surface area contributed by atoms with Crippen molar-refractivity contribution in [2.75, 3.05) is 0 Å². The number of unbranched alkanes of at least 4 members (excludes halogenated alkanes) is 1. The van der Waals surface area contributed by atoms with Gasteiger partial charge in [0.15, 0.2) is 0 Å². The number of nitrogens with one attached hydrogen (secondary N) is 3. The molecule has 0 rings (SSSR count). The van der Waals surface area contributed by atoms with Gasteiger partial charge in [0, 0.05) is 0 Å². The fourth-order valence-electron chi connectivity index (χ4n) is 1.40. The van der Waals surface area contributed by atoms with E-state index in [1.807, 2.05) is 6.92 Å². The van der Waals surface area contributed by atoms with E-state index in [0.29, 0.717) is 12.8 Å². The molecule has 0 aliphatic rings. The molecule has 0 aromatic rings. The molecule has 0 aliphatic heterocycles. The molecular formula is C10H17N3O5. The normalized spacial score (nSPS) is 10.4. The standard InChI is InChI=1S/C10H17N3O5/c1-3-5-6-10(8(15)12-17,9(16)13-18)11-7(14)4-2/h4,17-18H,2-3,5-6H2,1H3,(H,11,14)(H,12,15)(H,13,16). The molecule has 3 amide bonds. The van der Waals surface area contributed by atoms with Crippen molar-refractivity contribution < 1.29 is 24.8 Å². The molecule has 0 atom stereocenters. The average Bonchev–Trinajstić information content (AvgIpc) is 2.41. The molecule has 8 heteroatoms. The van der Waals surface area contributed by atoms with Crippen LogP contribution in [0.4, 0.5) is 0 Å². The van der Waals surface area contributed by atoms with E-state index in [1.54, 1.807) is 0 Å². The molecule has 102 valence electrons. The van der Waals surface area contributed by atoms with E-state index in [9.17, 15) is 14.4 Å². The van der Waals surface area contributed by atoms with Crippen molar-refractivity contribution in [3.05, 3.63) is 12.7 Å². The Morgan fingerprint density at radius 1 is 1.22 bits per heavy atom. The second-order valence-corrected chi connectivity index (χ2v) is 3.58. The monoisotopic (exact) mass is 259 g/mol. The van der Waals surface area contributed by atoms with Crippen molar-refractivity contribution in [2.24, 2.45) is 0 Å². The van der Waals surface area contributed by atoms with Crippen molar-refractivity contribution in [3.63, 3.8) is 0 Å². The molecule has 0 aromatic heterocycles. The first-order valence-corrected chi connectivity index (χ1v) is 5.32. The van der Waals surface area contributed by atoms with Gasteiger partial charge in [-0.15, -0.1) is 0 Å². The van der Waals surface area contributed by atoms with Gasteiger partial charge in [-0.25, -0.2) is 11.0 Å². The van der Waals surface area contributed by atoms with E-state index in [2.05, 4.69) is 11.9 Å². The Kier molecular flexibility index (Phi) is 6.61. The number of amides is 3. The Hall–Kier alpha value is -1.93. The second kappa shape index (κ2) is 7.41. The van der Waals surface area contributed by atoms with Crippen molar-refractivity contribution in [1.82, 2.24) is 16.3 Å². The van der Waals surface area contributed by atoms with Crippen LogP contribution in [0.15, 0.2) is 12.7 Å². The summed E-state index contributed by atoms with van der Waals surface area (Å²) < 4.78 is 0. The van der Waals surface area contributed by atoms with Crippen LogP contribution < -0.4 is 16.3 Å². The Bertz CT molecular complexity index is 326. The number of hydrogen-bond donors (Lipinski definition) is 5. The van der Waals surface area contributed by atoms with Crippen molar-refractivity contribution in [2.45, 2.75) is 31.7 Å². The second-order valence-electron chi connectivity index (χ2n) is 3.58. The maximum atomic E-state index is 11.6. The highest BCUT2D eigenvalue weighted by Gasteiger charge is 2.46. The molecule has 0 radical (unpaired) electrons. The zero-order chi connectivity index (χ0) is 14.2. The van der Waals surface area contributed by atoms with Crippen LogP contribution in [0.1, 0.15) is 26.2 Å². The van der Waals surface area contributed by atoms with Crippen LogP contribution in [0.3, 0.4) is 0 Å². The number of carbonyl (C=O) groups excluding carboxylic acids is 3. The fourth-order valence-corrected chi connectivity index (χ4v) is 1.40. The predicted octanol–water partition coefficient (Wildman–Crippen LogP) is -0.772. The SMILES string of the molecule is C=CC(=O)NC(CCCC)(C(=O)NO)C(=O)NO. The summed E-state index contributed by atoms with van der Waals surface area (Å²) in [6.45, 7) is 5.01. The third kappa shape index (κ3) is 3.54. The Labute approximate surface area is 104 Å². The lowest BCUT2D eigenvalue weighted by Gasteiger charge is -2.29. The minimum Gasteiger partial charge on any atom is -0.330 e. The first-order valence-electron chi connectivity index (χ1n) is 5.32. The molecule has 8 nitrogen and oxygen atoms in total. The molecule has 0 fully saturated rings. The zero-order valence-corrected chi connectivity index (χ0v) is 10.0. The highest BCUT2D eigenvalue weighted by Crippen LogP contribution is 2.16. The molecule has 0 unspecified atom stereocenters. The van der Waals surface area contributed by atoms with E-state index >= 15 is 0 Å². The number of hydrogen-bond acceptors (Lipinski definition) is 5. The number of carbonyl (C=O) groups is 3. The van der Waals surface area contributed by atoms with Gasteiger partial charge in [-0.3, -0.25) is 24.8 Å². The van der Waals surface area contributed by atoms with Gasteiger partial charge in [0.1, 0.15) is 0 Å².